The van der Waals surface area contributed by atoms with Gasteiger partial charge in [0.05, 0.1) is 16.8 Å². The Kier molecular flexibility index (Phi) is 6.40. The summed E-state index contributed by atoms with van der Waals surface area (Å²) in [7, 11) is 0. The normalized spacial score (nSPS) is 11.7. The maximum absolute atomic E-state index is 13.2. The molecule has 0 aliphatic carbocycles. The fourth-order valence-corrected chi connectivity index (χ4v) is 2.33. The Morgan fingerprint density at radius 2 is 1.52 bits per heavy atom. The monoisotopic (exact) mass is 420 g/mol. The summed E-state index contributed by atoms with van der Waals surface area (Å²) in [5.74, 6) is -2.32. The molecule has 11 heteroatoms. The molecule has 0 aliphatic rings. The number of halogens is 6. The molecular formula is C18H14F6N2O3. The number of hydrogen-bond donors (Lipinski definition) is 2. The van der Waals surface area contributed by atoms with Crippen molar-refractivity contribution < 1.29 is 40.7 Å². The smallest absolute Gasteiger partial charge is 0.419 e. The Morgan fingerprint density at radius 3 is 2.10 bits per heavy atom. The first kappa shape index (κ1) is 22.1. The maximum atomic E-state index is 13.2. The number of carbonyl (C=O) groups is 2. The Morgan fingerprint density at radius 1 is 0.897 bits per heavy atom. The fraction of sp³-hybridized carbons (Fsp3) is 0.222. The van der Waals surface area contributed by atoms with Gasteiger partial charge < -0.3 is 15.4 Å². The zero-order valence-electron chi connectivity index (χ0n) is 14.7. The number of anilines is 2. The number of benzene rings is 2. The van der Waals surface area contributed by atoms with Crippen LogP contribution in [-0.2, 0) is 21.9 Å². The highest BCUT2D eigenvalue weighted by Crippen LogP contribution is 2.37. The minimum absolute atomic E-state index is 0.141. The summed E-state index contributed by atoms with van der Waals surface area (Å²) in [4.78, 5) is 22.9. The topological polar surface area (TPSA) is 67.4 Å². The van der Waals surface area contributed by atoms with E-state index in [1.807, 2.05) is 5.32 Å². The second kappa shape index (κ2) is 8.41. The molecule has 0 atom stereocenters. The van der Waals surface area contributed by atoms with Crippen molar-refractivity contribution in [1.29, 1.82) is 0 Å². The van der Waals surface area contributed by atoms with E-state index in [2.05, 4.69) is 5.32 Å². The molecule has 0 radical (unpaired) electrons. The van der Waals surface area contributed by atoms with Crippen LogP contribution in [0.4, 0.5) is 37.7 Å². The van der Waals surface area contributed by atoms with Gasteiger partial charge in [0.2, 0.25) is 5.91 Å². The number of alkyl halides is 6. The Labute approximate surface area is 160 Å². The average molecular weight is 420 g/mol. The summed E-state index contributed by atoms with van der Waals surface area (Å²) in [6, 6.07) is 6.78. The lowest BCUT2D eigenvalue weighted by molar-refractivity contribution is -0.139. The first-order valence-corrected chi connectivity index (χ1v) is 7.95. The van der Waals surface area contributed by atoms with E-state index in [-0.39, 0.29) is 5.69 Å². The molecule has 0 saturated heterocycles. The van der Waals surface area contributed by atoms with Gasteiger partial charge in [0.15, 0.2) is 6.61 Å². The Balaban J connectivity index is 2.16. The molecule has 2 N–H and O–H groups in total. The van der Waals surface area contributed by atoms with E-state index in [4.69, 9.17) is 4.74 Å². The van der Waals surface area contributed by atoms with Crippen molar-refractivity contribution in [2.24, 2.45) is 0 Å². The van der Waals surface area contributed by atoms with Crippen molar-refractivity contribution in [3.8, 4) is 5.75 Å². The maximum Gasteiger partial charge on any atom is 0.419 e. The molecule has 2 aromatic carbocycles. The van der Waals surface area contributed by atoms with E-state index >= 15 is 0 Å². The van der Waals surface area contributed by atoms with Crippen LogP contribution in [-0.4, -0.2) is 18.4 Å². The van der Waals surface area contributed by atoms with E-state index in [1.165, 1.54) is 6.07 Å². The molecule has 0 spiro atoms. The van der Waals surface area contributed by atoms with Gasteiger partial charge in [-0.3, -0.25) is 9.59 Å². The highest BCUT2D eigenvalue weighted by Gasteiger charge is 2.35. The van der Waals surface area contributed by atoms with Crippen LogP contribution >= 0.6 is 0 Å². The van der Waals surface area contributed by atoms with Crippen LogP contribution in [0.3, 0.4) is 0 Å². The van der Waals surface area contributed by atoms with Crippen LogP contribution in [0.25, 0.3) is 0 Å². The number of para-hydroxylation sites is 1. The summed E-state index contributed by atoms with van der Waals surface area (Å²) in [6.07, 6.45) is -9.59. The molecule has 0 heterocycles. The highest BCUT2D eigenvalue weighted by atomic mass is 19.4. The molecule has 2 aromatic rings. The Bertz CT molecular complexity index is 909. The van der Waals surface area contributed by atoms with E-state index in [0.29, 0.717) is 6.07 Å². The molecule has 0 unspecified atom stereocenters. The molecule has 0 fully saturated rings. The second-order valence-electron chi connectivity index (χ2n) is 5.77. The van der Waals surface area contributed by atoms with Gasteiger partial charge in [-0.1, -0.05) is 12.1 Å². The van der Waals surface area contributed by atoms with Gasteiger partial charge in [-0.05, 0) is 30.3 Å². The first-order valence-electron chi connectivity index (χ1n) is 7.95. The van der Waals surface area contributed by atoms with Crippen LogP contribution in [0.5, 0.6) is 5.75 Å². The van der Waals surface area contributed by atoms with Gasteiger partial charge in [-0.15, -0.1) is 0 Å². The average Bonchev–Trinajstić information content (AvgIpc) is 2.59. The minimum Gasteiger partial charge on any atom is -0.483 e. The van der Waals surface area contributed by atoms with E-state index in [1.54, 1.807) is 0 Å². The molecule has 0 aromatic heterocycles. The number of nitrogens with one attached hydrogen (secondary N) is 2. The molecule has 5 nitrogen and oxygen atoms in total. The molecule has 29 heavy (non-hydrogen) atoms. The SMILES string of the molecule is CC(=O)Nc1ccc(NC(=O)COc2ccccc2C(F)(F)F)c(C(F)(F)F)c1. The summed E-state index contributed by atoms with van der Waals surface area (Å²) in [5, 5.41) is 4.13. The zero-order chi connectivity index (χ0) is 21.8. The molecule has 156 valence electrons. The quantitative estimate of drug-likeness (QED) is 0.690. The van der Waals surface area contributed by atoms with Gasteiger partial charge in [-0.2, -0.15) is 26.3 Å². The van der Waals surface area contributed by atoms with Crippen molar-refractivity contribution in [1.82, 2.24) is 0 Å². The van der Waals surface area contributed by atoms with Crippen molar-refractivity contribution >= 4 is 23.2 Å². The zero-order valence-corrected chi connectivity index (χ0v) is 14.7. The molecule has 0 saturated carbocycles. The molecular weight excluding hydrogens is 406 g/mol. The Hall–Kier alpha value is -3.24. The lowest BCUT2D eigenvalue weighted by Crippen LogP contribution is -2.23. The lowest BCUT2D eigenvalue weighted by atomic mass is 10.1. The van der Waals surface area contributed by atoms with Gasteiger partial charge in [-0.25, -0.2) is 0 Å². The van der Waals surface area contributed by atoms with Gasteiger partial charge in [0.25, 0.3) is 5.91 Å². The summed E-state index contributed by atoms with van der Waals surface area (Å²) >= 11 is 0. The summed E-state index contributed by atoms with van der Waals surface area (Å²) in [5.41, 5.74) is -3.14. The van der Waals surface area contributed by atoms with Crippen LogP contribution in [0, 0.1) is 0 Å². The number of amides is 2. The van der Waals surface area contributed by atoms with Crippen molar-refractivity contribution in [3.05, 3.63) is 53.6 Å². The van der Waals surface area contributed by atoms with Crippen LogP contribution in [0.15, 0.2) is 42.5 Å². The number of carbonyl (C=O) groups excluding carboxylic acids is 2. The number of ether oxygens (including phenoxy) is 1. The van der Waals surface area contributed by atoms with Crippen LogP contribution < -0.4 is 15.4 Å². The third-order valence-electron chi connectivity index (χ3n) is 3.47. The third-order valence-corrected chi connectivity index (χ3v) is 3.47. The molecule has 2 rings (SSSR count). The highest BCUT2D eigenvalue weighted by molar-refractivity contribution is 5.94. The van der Waals surface area contributed by atoms with Crippen molar-refractivity contribution in [2.75, 3.05) is 17.2 Å². The largest absolute Gasteiger partial charge is 0.483 e. The first-order chi connectivity index (χ1) is 13.4. The predicted molar refractivity (Wildman–Crippen MR) is 91.3 cm³/mol. The van der Waals surface area contributed by atoms with E-state index < -0.39 is 53.3 Å². The minimum atomic E-state index is -4.86. The second-order valence-corrected chi connectivity index (χ2v) is 5.77. The van der Waals surface area contributed by atoms with Gasteiger partial charge in [0, 0.05) is 12.6 Å². The van der Waals surface area contributed by atoms with E-state index in [9.17, 15) is 35.9 Å². The lowest BCUT2D eigenvalue weighted by Gasteiger charge is -2.16. The van der Waals surface area contributed by atoms with Crippen LogP contribution in [0.1, 0.15) is 18.1 Å². The number of rotatable bonds is 5. The molecule has 0 bridgehead atoms. The third kappa shape index (κ3) is 6.13. The van der Waals surface area contributed by atoms with E-state index in [0.717, 1.165) is 37.3 Å². The van der Waals surface area contributed by atoms with Gasteiger partial charge in [0.1, 0.15) is 5.75 Å². The summed E-state index contributed by atoms with van der Waals surface area (Å²) < 4.78 is 83.2. The van der Waals surface area contributed by atoms with Gasteiger partial charge >= 0.3 is 12.4 Å². The standard InChI is InChI=1S/C18H14F6N2O3/c1-10(27)25-11-6-7-14(13(8-11)18(22,23)24)26-16(28)9-29-15-5-3-2-4-12(15)17(19,20)21/h2-8H,9H2,1H3,(H,25,27)(H,26,28). The fourth-order valence-electron chi connectivity index (χ4n) is 2.33. The number of hydrogen-bond acceptors (Lipinski definition) is 3. The van der Waals surface area contributed by atoms with Crippen molar-refractivity contribution in [3.63, 3.8) is 0 Å². The van der Waals surface area contributed by atoms with Crippen molar-refractivity contribution in [2.45, 2.75) is 19.3 Å². The molecule has 2 amide bonds. The molecule has 0 aliphatic heterocycles. The predicted octanol–water partition coefficient (Wildman–Crippen LogP) is 4.70. The van der Waals surface area contributed by atoms with Crippen LogP contribution in [0.2, 0.25) is 0 Å². The summed E-state index contributed by atoms with van der Waals surface area (Å²) in [6.45, 7) is 0.164.